The molecule has 0 aliphatic heterocycles. The van der Waals surface area contributed by atoms with Crippen LogP contribution in [0, 0.1) is 0 Å². The molecule has 0 amide bonds. The third-order valence-electron chi connectivity index (χ3n) is 3.90. The summed E-state index contributed by atoms with van der Waals surface area (Å²) in [6.07, 6.45) is 2.08. The molecular weight excluding hydrogens is 296 g/mol. The van der Waals surface area contributed by atoms with Gasteiger partial charge in [-0.05, 0) is 29.8 Å². The summed E-state index contributed by atoms with van der Waals surface area (Å²) in [5.41, 5.74) is 2.40. The first-order chi connectivity index (χ1) is 11.0. The third kappa shape index (κ3) is 2.50. The molecule has 0 bridgehead atoms. The number of rotatable bonds is 3. The van der Waals surface area contributed by atoms with E-state index < -0.39 is 0 Å². The molecule has 5 nitrogen and oxygen atoms in total. The van der Waals surface area contributed by atoms with Crippen LogP contribution in [0.3, 0.4) is 0 Å². The highest BCUT2D eigenvalue weighted by atomic mass is 16.5. The van der Waals surface area contributed by atoms with Crippen LogP contribution < -0.4 is 9.47 Å². The normalized spacial score (nSPS) is 14.9. The quantitative estimate of drug-likeness (QED) is 0.852. The van der Waals surface area contributed by atoms with Gasteiger partial charge in [0, 0.05) is 23.1 Å². The van der Waals surface area contributed by atoms with Crippen LogP contribution in [0.15, 0.2) is 35.9 Å². The molecular formula is C18H16O5. The smallest absolute Gasteiger partial charge is 0.200 e. The van der Waals surface area contributed by atoms with Crippen LogP contribution in [0.25, 0.3) is 6.08 Å². The van der Waals surface area contributed by atoms with Crippen LogP contribution in [-0.2, 0) is 6.42 Å². The van der Waals surface area contributed by atoms with Gasteiger partial charge in [0.25, 0.3) is 0 Å². The lowest BCUT2D eigenvalue weighted by molar-refractivity contribution is 0.104. The lowest BCUT2D eigenvalue weighted by Gasteiger charge is -2.09. The summed E-state index contributed by atoms with van der Waals surface area (Å²) in [5, 5.41) is 19.8. The molecule has 2 N–H and O–H groups in total. The number of phenolic OH excluding ortho intramolecular Hbond substituents is 2. The SMILES string of the molecule is COc1cc(/C=C2\Cc3c(O)cccc3C2=O)cc(OC)c1O. The Labute approximate surface area is 133 Å². The lowest BCUT2D eigenvalue weighted by atomic mass is 10.1. The summed E-state index contributed by atoms with van der Waals surface area (Å²) < 4.78 is 10.2. The van der Waals surface area contributed by atoms with Crippen LogP contribution in [0.2, 0.25) is 0 Å². The van der Waals surface area contributed by atoms with E-state index in [1.807, 2.05) is 0 Å². The molecule has 0 saturated heterocycles. The number of aromatic hydroxyl groups is 2. The van der Waals surface area contributed by atoms with Crippen LogP contribution in [0.4, 0.5) is 0 Å². The zero-order valence-corrected chi connectivity index (χ0v) is 12.8. The van der Waals surface area contributed by atoms with Crippen LogP contribution in [-0.4, -0.2) is 30.2 Å². The molecule has 2 aromatic rings. The molecule has 0 saturated carbocycles. The third-order valence-corrected chi connectivity index (χ3v) is 3.90. The van der Waals surface area contributed by atoms with Gasteiger partial charge in [-0.15, -0.1) is 0 Å². The molecule has 1 aliphatic carbocycles. The zero-order chi connectivity index (χ0) is 16.6. The van der Waals surface area contributed by atoms with Crippen molar-refractivity contribution in [3.05, 3.63) is 52.6 Å². The molecule has 118 valence electrons. The molecule has 0 fully saturated rings. The minimum Gasteiger partial charge on any atom is -0.508 e. The van der Waals surface area contributed by atoms with Gasteiger partial charge in [-0.1, -0.05) is 12.1 Å². The number of Topliss-reactive ketones (excluding diaryl/α,β-unsaturated/α-hetero) is 1. The highest BCUT2D eigenvalue weighted by Gasteiger charge is 2.27. The number of benzene rings is 2. The average Bonchev–Trinajstić information content (AvgIpc) is 2.87. The second kappa shape index (κ2) is 5.68. The predicted molar refractivity (Wildman–Crippen MR) is 85.3 cm³/mol. The highest BCUT2D eigenvalue weighted by Crippen LogP contribution is 2.39. The maximum Gasteiger partial charge on any atom is 0.200 e. The Bertz CT molecular complexity index is 795. The number of fused-ring (bicyclic) bond motifs is 1. The van der Waals surface area contributed by atoms with E-state index in [1.165, 1.54) is 14.2 Å². The Hall–Kier alpha value is -2.95. The molecule has 1 aliphatic rings. The summed E-state index contributed by atoms with van der Waals surface area (Å²) in [6, 6.07) is 8.18. The van der Waals surface area contributed by atoms with Crippen LogP contribution >= 0.6 is 0 Å². The maximum absolute atomic E-state index is 12.4. The topological polar surface area (TPSA) is 76.0 Å². The van der Waals surface area contributed by atoms with Gasteiger partial charge < -0.3 is 19.7 Å². The maximum atomic E-state index is 12.4. The van der Waals surface area contributed by atoms with E-state index in [-0.39, 0.29) is 28.8 Å². The first-order valence-corrected chi connectivity index (χ1v) is 7.06. The summed E-state index contributed by atoms with van der Waals surface area (Å²) in [7, 11) is 2.89. The highest BCUT2D eigenvalue weighted by molar-refractivity contribution is 6.16. The number of hydrogen-bond donors (Lipinski definition) is 2. The minimum absolute atomic E-state index is 0.0872. The number of allylic oxidation sites excluding steroid dienone is 1. The predicted octanol–water partition coefficient (Wildman–Crippen LogP) is 2.94. The molecule has 3 rings (SSSR count). The largest absolute Gasteiger partial charge is 0.508 e. The van der Waals surface area contributed by atoms with Crippen molar-refractivity contribution < 1.29 is 24.5 Å². The fourth-order valence-electron chi connectivity index (χ4n) is 2.73. The standard InChI is InChI=1S/C18H16O5/c1-22-15-7-10(8-16(23-2)18(15)21)6-11-9-13-12(17(11)20)4-3-5-14(13)19/h3-8,19,21H,9H2,1-2H3/b11-6+. The Balaban J connectivity index is 2.04. The Morgan fingerprint density at radius 1 is 1.09 bits per heavy atom. The molecule has 0 heterocycles. The Kier molecular flexibility index (Phi) is 3.70. The van der Waals surface area contributed by atoms with Gasteiger partial charge in [-0.25, -0.2) is 0 Å². The van der Waals surface area contributed by atoms with Crippen LogP contribution in [0.1, 0.15) is 21.5 Å². The molecule has 23 heavy (non-hydrogen) atoms. The molecule has 0 atom stereocenters. The van der Waals surface area contributed by atoms with Crippen molar-refractivity contribution in [1.29, 1.82) is 0 Å². The molecule has 5 heteroatoms. The molecule has 0 spiro atoms. The van der Waals surface area contributed by atoms with Crippen molar-refractivity contribution in [3.63, 3.8) is 0 Å². The number of phenols is 2. The monoisotopic (exact) mass is 312 g/mol. The Morgan fingerprint density at radius 3 is 2.30 bits per heavy atom. The van der Waals surface area contributed by atoms with Gasteiger partial charge in [-0.2, -0.15) is 0 Å². The fourth-order valence-corrected chi connectivity index (χ4v) is 2.73. The van der Waals surface area contributed by atoms with E-state index in [4.69, 9.17) is 9.47 Å². The number of ether oxygens (including phenoxy) is 2. The van der Waals surface area contributed by atoms with E-state index in [0.717, 1.165) is 0 Å². The summed E-state index contributed by atoms with van der Waals surface area (Å²) in [5.74, 6) is 0.460. The van der Waals surface area contributed by atoms with Gasteiger partial charge in [0.2, 0.25) is 5.75 Å². The van der Waals surface area contributed by atoms with Crippen LogP contribution in [0.5, 0.6) is 23.0 Å². The van der Waals surface area contributed by atoms with Crippen molar-refractivity contribution in [2.75, 3.05) is 14.2 Å². The van der Waals surface area contributed by atoms with Gasteiger partial charge in [0.05, 0.1) is 14.2 Å². The van der Waals surface area contributed by atoms with Gasteiger partial charge in [0.15, 0.2) is 17.3 Å². The first kappa shape index (κ1) is 15.0. The van der Waals surface area contributed by atoms with Crippen molar-refractivity contribution in [2.24, 2.45) is 0 Å². The molecule has 2 aromatic carbocycles. The second-order valence-corrected chi connectivity index (χ2v) is 5.25. The van der Waals surface area contributed by atoms with E-state index >= 15 is 0 Å². The minimum atomic E-state index is -0.109. The lowest BCUT2D eigenvalue weighted by Crippen LogP contribution is -1.96. The Morgan fingerprint density at radius 2 is 1.74 bits per heavy atom. The zero-order valence-electron chi connectivity index (χ0n) is 12.8. The van der Waals surface area contributed by atoms with Gasteiger partial charge in [0.1, 0.15) is 5.75 Å². The first-order valence-electron chi connectivity index (χ1n) is 7.06. The second-order valence-electron chi connectivity index (χ2n) is 5.25. The number of carbonyl (C=O) groups excluding carboxylic acids is 1. The van der Waals surface area contributed by atoms with E-state index in [9.17, 15) is 15.0 Å². The van der Waals surface area contributed by atoms with E-state index in [0.29, 0.717) is 28.7 Å². The average molecular weight is 312 g/mol. The summed E-state index contributed by atoms with van der Waals surface area (Å²) in [4.78, 5) is 12.4. The number of methoxy groups -OCH3 is 2. The summed E-state index contributed by atoms with van der Waals surface area (Å²) >= 11 is 0. The van der Waals surface area contributed by atoms with Gasteiger partial charge >= 0.3 is 0 Å². The fraction of sp³-hybridized carbons (Fsp3) is 0.167. The van der Waals surface area contributed by atoms with E-state index in [1.54, 1.807) is 36.4 Å². The van der Waals surface area contributed by atoms with Crippen molar-refractivity contribution in [2.45, 2.75) is 6.42 Å². The molecule has 0 unspecified atom stereocenters. The number of hydrogen-bond acceptors (Lipinski definition) is 5. The van der Waals surface area contributed by atoms with E-state index in [2.05, 4.69) is 0 Å². The molecule has 0 aromatic heterocycles. The number of ketones is 1. The van der Waals surface area contributed by atoms with Gasteiger partial charge in [-0.3, -0.25) is 4.79 Å². The van der Waals surface area contributed by atoms with Crippen molar-refractivity contribution >= 4 is 11.9 Å². The van der Waals surface area contributed by atoms with Crippen molar-refractivity contribution in [3.8, 4) is 23.0 Å². The number of carbonyl (C=O) groups is 1. The summed E-state index contributed by atoms with van der Waals surface area (Å²) in [6.45, 7) is 0. The molecule has 0 radical (unpaired) electrons. The van der Waals surface area contributed by atoms with Crippen molar-refractivity contribution in [1.82, 2.24) is 0 Å².